The van der Waals surface area contributed by atoms with E-state index in [1.165, 1.54) is 24.0 Å². The van der Waals surface area contributed by atoms with Crippen molar-refractivity contribution in [2.75, 3.05) is 27.4 Å². The number of fused-ring (bicyclic) bond motifs is 1. The van der Waals surface area contributed by atoms with Crippen molar-refractivity contribution in [1.82, 2.24) is 10.6 Å². The van der Waals surface area contributed by atoms with E-state index >= 15 is 0 Å². The smallest absolute Gasteiger partial charge is 0.191 e. The molecule has 174 valence electrons. The minimum atomic E-state index is -0.0382. The van der Waals surface area contributed by atoms with Gasteiger partial charge in [-0.3, -0.25) is 4.99 Å². The highest BCUT2D eigenvalue weighted by molar-refractivity contribution is 14.0. The van der Waals surface area contributed by atoms with Gasteiger partial charge in [0.2, 0.25) is 0 Å². The van der Waals surface area contributed by atoms with Crippen LogP contribution in [0.4, 0.5) is 0 Å². The van der Waals surface area contributed by atoms with Crippen molar-refractivity contribution in [2.24, 2.45) is 4.99 Å². The van der Waals surface area contributed by atoms with E-state index in [1.807, 2.05) is 19.2 Å². The predicted octanol–water partition coefficient (Wildman–Crippen LogP) is 4.83. The number of rotatable bonds is 7. The van der Waals surface area contributed by atoms with Crippen molar-refractivity contribution in [3.63, 3.8) is 0 Å². The van der Waals surface area contributed by atoms with Crippen LogP contribution < -0.4 is 20.1 Å². The topological polar surface area (TPSA) is 64.1 Å². The van der Waals surface area contributed by atoms with Crippen LogP contribution in [0.3, 0.4) is 0 Å². The maximum atomic E-state index is 6.48. The van der Waals surface area contributed by atoms with Crippen molar-refractivity contribution >= 4 is 29.9 Å². The third-order valence-corrected chi connectivity index (χ3v) is 6.19. The van der Waals surface area contributed by atoms with Crippen molar-refractivity contribution in [2.45, 2.75) is 50.3 Å². The summed E-state index contributed by atoms with van der Waals surface area (Å²) in [6.45, 7) is 1.83. The SMILES string of the molecule is CN=C(NCc1ccc(OCCOC)cc1)NC1CC2(CCCC2)Oc2ccccc21.I. The van der Waals surface area contributed by atoms with E-state index in [9.17, 15) is 0 Å². The Balaban J connectivity index is 0.00000289. The van der Waals surface area contributed by atoms with Crippen molar-refractivity contribution in [3.8, 4) is 11.5 Å². The number of hydrogen-bond acceptors (Lipinski definition) is 4. The third-order valence-electron chi connectivity index (χ3n) is 6.19. The van der Waals surface area contributed by atoms with Crippen LogP contribution in [0, 0.1) is 0 Å². The Morgan fingerprint density at radius 3 is 2.56 bits per heavy atom. The first kappa shape index (κ1) is 24.6. The van der Waals surface area contributed by atoms with Gasteiger partial charge in [-0.2, -0.15) is 0 Å². The standard InChI is InChI=1S/C25H33N3O3.HI/c1-26-24(27-18-19-9-11-20(12-10-19)30-16-15-29-2)28-22-17-25(13-5-6-14-25)31-23-8-4-3-7-21(22)23;/h3-4,7-12,22H,5-6,13-18H2,1-2H3,(H2,26,27,28);1H. The maximum Gasteiger partial charge on any atom is 0.191 e. The number of aliphatic imine (C=N–C) groups is 1. The summed E-state index contributed by atoms with van der Waals surface area (Å²) in [5.74, 6) is 2.66. The predicted molar refractivity (Wildman–Crippen MR) is 138 cm³/mol. The third kappa shape index (κ3) is 6.07. The lowest BCUT2D eigenvalue weighted by Crippen LogP contribution is -2.46. The van der Waals surface area contributed by atoms with Crippen LogP contribution in [0.25, 0.3) is 0 Å². The molecular weight excluding hydrogens is 517 g/mol. The van der Waals surface area contributed by atoms with Gasteiger partial charge in [0, 0.05) is 32.7 Å². The number of guanidine groups is 1. The number of hydrogen-bond donors (Lipinski definition) is 2. The Kier molecular flexibility index (Phi) is 9.04. The van der Waals surface area contributed by atoms with Gasteiger partial charge in [-0.05, 0) is 49.4 Å². The molecule has 6 nitrogen and oxygen atoms in total. The zero-order chi connectivity index (χ0) is 21.5. The van der Waals surface area contributed by atoms with Crippen LogP contribution >= 0.6 is 24.0 Å². The molecule has 1 saturated carbocycles. The quantitative estimate of drug-likeness (QED) is 0.224. The van der Waals surface area contributed by atoms with Gasteiger partial charge in [0.15, 0.2) is 5.96 Å². The second-order valence-corrected chi connectivity index (χ2v) is 8.34. The molecule has 1 aliphatic carbocycles. The van der Waals surface area contributed by atoms with Crippen LogP contribution in [0.2, 0.25) is 0 Å². The van der Waals surface area contributed by atoms with E-state index in [-0.39, 0.29) is 35.6 Å². The van der Waals surface area contributed by atoms with Crippen LogP contribution in [-0.4, -0.2) is 38.9 Å². The van der Waals surface area contributed by atoms with Gasteiger partial charge in [0.25, 0.3) is 0 Å². The minimum Gasteiger partial charge on any atom is -0.491 e. The Bertz CT molecular complexity index is 882. The number of nitrogens with one attached hydrogen (secondary N) is 2. The van der Waals surface area contributed by atoms with E-state index in [0.717, 1.165) is 36.7 Å². The fourth-order valence-corrected chi connectivity index (χ4v) is 4.56. The molecule has 1 fully saturated rings. The molecule has 0 aromatic heterocycles. The Morgan fingerprint density at radius 2 is 1.84 bits per heavy atom. The summed E-state index contributed by atoms with van der Waals surface area (Å²) >= 11 is 0. The Morgan fingerprint density at radius 1 is 1.09 bits per heavy atom. The van der Waals surface area contributed by atoms with Gasteiger partial charge in [0.1, 0.15) is 23.7 Å². The molecule has 1 unspecified atom stereocenters. The monoisotopic (exact) mass is 551 g/mol. The van der Waals surface area contributed by atoms with Crippen LogP contribution in [-0.2, 0) is 11.3 Å². The summed E-state index contributed by atoms with van der Waals surface area (Å²) in [7, 11) is 3.49. The van der Waals surface area contributed by atoms with Crippen molar-refractivity contribution < 1.29 is 14.2 Å². The largest absolute Gasteiger partial charge is 0.491 e. The summed E-state index contributed by atoms with van der Waals surface area (Å²) in [5.41, 5.74) is 2.34. The molecule has 2 aliphatic rings. The lowest BCUT2D eigenvalue weighted by atomic mass is 9.86. The lowest BCUT2D eigenvalue weighted by molar-refractivity contribution is 0.0396. The molecule has 0 amide bonds. The molecule has 1 spiro atoms. The second kappa shape index (κ2) is 11.7. The van der Waals surface area contributed by atoms with Gasteiger partial charge in [-0.25, -0.2) is 0 Å². The average Bonchev–Trinajstić information content (AvgIpc) is 3.24. The van der Waals surface area contributed by atoms with Gasteiger partial charge >= 0.3 is 0 Å². The molecule has 2 aromatic rings. The van der Waals surface area contributed by atoms with E-state index in [4.69, 9.17) is 14.2 Å². The maximum absolute atomic E-state index is 6.48. The molecule has 0 saturated heterocycles. The second-order valence-electron chi connectivity index (χ2n) is 8.34. The lowest BCUT2D eigenvalue weighted by Gasteiger charge is -2.40. The Hall–Kier alpha value is -2.00. The molecule has 1 aliphatic heterocycles. The van der Waals surface area contributed by atoms with Gasteiger partial charge in [-0.15, -0.1) is 24.0 Å². The summed E-state index contributed by atoms with van der Waals surface area (Å²) in [6.07, 6.45) is 5.72. The molecule has 32 heavy (non-hydrogen) atoms. The first-order chi connectivity index (χ1) is 15.2. The molecule has 7 heteroatoms. The highest BCUT2D eigenvalue weighted by Gasteiger charge is 2.43. The van der Waals surface area contributed by atoms with Gasteiger partial charge in [0.05, 0.1) is 12.6 Å². The normalized spacial score (nSPS) is 18.9. The minimum absolute atomic E-state index is 0. The molecular formula is C25H34IN3O3. The highest BCUT2D eigenvalue weighted by Crippen LogP contribution is 2.46. The summed E-state index contributed by atoms with van der Waals surface area (Å²) in [4.78, 5) is 4.47. The van der Waals surface area contributed by atoms with E-state index in [2.05, 4.69) is 52.0 Å². The number of nitrogens with zero attached hydrogens (tertiary/aromatic N) is 1. The first-order valence-electron chi connectivity index (χ1n) is 11.2. The van der Waals surface area contributed by atoms with Gasteiger partial charge in [-0.1, -0.05) is 30.3 Å². The molecule has 0 radical (unpaired) electrons. The summed E-state index contributed by atoms with van der Waals surface area (Å²) < 4.78 is 17.1. The highest BCUT2D eigenvalue weighted by atomic mass is 127. The van der Waals surface area contributed by atoms with Crippen LogP contribution in [0.15, 0.2) is 53.5 Å². The number of para-hydroxylation sites is 1. The number of ether oxygens (including phenoxy) is 3. The van der Waals surface area contributed by atoms with Crippen LogP contribution in [0.5, 0.6) is 11.5 Å². The molecule has 4 rings (SSSR count). The van der Waals surface area contributed by atoms with E-state index in [1.54, 1.807) is 7.11 Å². The average molecular weight is 551 g/mol. The summed E-state index contributed by atoms with van der Waals surface area (Å²) in [5, 5.41) is 7.10. The Labute approximate surface area is 208 Å². The molecule has 2 N–H and O–H groups in total. The fraction of sp³-hybridized carbons (Fsp3) is 0.480. The van der Waals surface area contributed by atoms with Gasteiger partial charge < -0.3 is 24.8 Å². The molecule has 2 aromatic carbocycles. The number of methoxy groups -OCH3 is 1. The molecule has 1 atom stereocenters. The fourth-order valence-electron chi connectivity index (χ4n) is 4.56. The van der Waals surface area contributed by atoms with Crippen molar-refractivity contribution in [1.29, 1.82) is 0 Å². The van der Waals surface area contributed by atoms with Crippen LogP contribution in [0.1, 0.15) is 49.3 Å². The molecule has 1 heterocycles. The van der Waals surface area contributed by atoms with E-state index in [0.29, 0.717) is 19.8 Å². The number of benzene rings is 2. The number of halogens is 1. The first-order valence-corrected chi connectivity index (χ1v) is 11.2. The summed E-state index contributed by atoms with van der Waals surface area (Å²) in [6, 6.07) is 16.7. The zero-order valence-corrected chi connectivity index (χ0v) is 21.3. The van der Waals surface area contributed by atoms with Crippen molar-refractivity contribution in [3.05, 3.63) is 59.7 Å². The zero-order valence-electron chi connectivity index (χ0n) is 18.9. The van der Waals surface area contributed by atoms with E-state index < -0.39 is 0 Å². The molecule has 0 bridgehead atoms.